The molecule has 1 aliphatic heterocycles. The van der Waals surface area contributed by atoms with Crippen molar-refractivity contribution in [3.8, 4) is 5.88 Å². The summed E-state index contributed by atoms with van der Waals surface area (Å²) in [6.45, 7) is 1.60. The van der Waals surface area contributed by atoms with Gasteiger partial charge in [-0.1, -0.05) is 12.1 Å². The smallest absolute Gasteiger partial charge is 0.438 e. The van der Waals surface area contributed by atoms with Gasteiger partial charge in [0, 0.05) is 13.1 Å². The molecule has 7 heteroatoms. The van der Waals surface area contributed by atoms with E-state index in [-0.39, 0.29) is 11.6 Å². The van der Waals surface area contributed by atoms with Gasteiger partial charge in [0.15, 0.2) is 0 Å². The van der Waals surface area contributed by atoms with Crippen molar-refractivity contribution in [3.05, 3.63) is 30.0 Å². The van der Waals surface area contributed by atoms with Crippen LogP contribution in [0.1, 0.15) is 18.5 Å². The molecule has 0 radical (unpaired) electrons. The Bertz CT molecular complexity index is 667. The fourth-order valence-electron chi connectivity index (χ4n) is 2.51. The number of rotatable bonds is 2. The average molecular weight is 311 g/mol. The van der Waals surface area contributed by atoms with Crippen molar-refractivity contribution in [2.75, 3.05) is 20.1 Å². The number of para-hydroxylation sites is 2. The summed E-state index contributed by atoms with van der Waals surface area (Å²) < 4.78 is 45.2. The monoisotopic (exact) mass is 311 g/mol. The lowest BCUT2D eigenvalue weighted by Gasteiger charge is -2.29. The quantitative estimate of drug-likeness (QED) is 0.854. The Morgan fingerprint density at radius 2 is 1.68 bits per heavy atom. The minimum absolute atomic E-state index is 0.213. The second kappa shape index (κ2) is 5.72. The molecule has 2 heterocycles. The summed E-state index contributed by atoms with van der Waals surface area (Å²) in [4.78, 5) is 9.86. The molecule has 0 saturated carbocycles. The van der Waals surface area contributed by atoms with E-state index in [9.17, 15) is 13.2 Å². The van der Waals surface area contributed by atoms with Gasteiger partial charge in [-0.15, -0.1) is 0 Å². The Kier molecular flexibility index (Phi) is 3.90. The van der Waals surface area contributed by atoms with Crippen LogP contribution in [0.15, 0.2) is 24.3 Å². The van der Waals surface area contributed by atoms with Gasteiger partial charge in [-0.3, -0.25) is 0 Å². The molecule has 3 rings (SSSR count). The molecular formula is C15H16F3N3O. The molecule has 1 saturated heterocycles. The van der Waals surface area contributed by atoms with Gasteiger partial charge in [0.05, 0.1) is 11.0 Å². The average Bonchev–Trinajstić information content (AvgIpc) is 2.48. The van der Waals surface area contributed by atoms with Crippen LogP contribution >= 0.6 is 0 Å². The molecule has 1 aromatic carbocycles. The molecule has 0 unspecified atom stereocenters. The summed E-state index contributed by atoms with van der Waals surface area (Å²) in [7, 11) is 1.98. The highest BCUT2D eigenvalue weighted by Gasteiger charge is 2.38. The summed E-state index contributed by atoms with van der Waals surface area (Å²) in [6, 6.07) is 6.49. The predicted octanol–water partition coefficient (Wildman–Crippen LogP) is 3.12. The highest BCUT2D eigenvalue weighted by molar-refractivity contribution is 5.74. The second-order valence-electron chi connectivity index (χ2n) is 5.48. The zero-order chi connectivity index (χ0) is 15.7. The van der Waals surface area contributed by atoms with E-state index in [0.717, 1.165) is 13.1 Å². The minimum Gasteiger partial charge on any atom is -0.473 e. The molecule has 0 aliphatic carbocycles. The topological polar surface area (TPSA) is 38.2 Å². The zero-order valence-electron chi connectivity index (χ0n) is 12.1. The summed E-state index contributed by atoms with van der Waals surface area (Å²) in [5.74, 6) is -0.416. The van der Waals surface area contributed by atoms with Crippen LogP contribution in [0, 0.1) is 0 Å². The van der Waals surface area contributed by atoms with Crippen LogP contribution in [0.4, 0.5) is 13.2 Å². The number of ether oxygens (including phenoxy) is 1. The molecule has 0 N–H and O–H groups in total. The van der Waals surface area contributed by atoms with E-state index in [0.29, 0.717) is 18.4 Å². The first-order valence-electron chi connectivity index (χ1n) is 7.12. The van der Waals surface area contributed by atoms with Gasteiger partial charge in [0.25, 0.3) is 0 Å². The van der Waals surface area contributed by atoms with Gasteiger partial charge in [0.2, 0.25) is 11.6 Å². The zero-order valence-corrected chi connectivity index (χ0v) is 12.1. The lowest BCUT2D eigenvalue weighted by molar-refractivity contribution is -0.143. The summed E-state index contributed by atoms with van der Waals surface area (Å²) in [5, 5.41) is 0. The van der Waals surface area contributed by atoms with Crippen molar-refractivity contribution < 1.29 is 17.9 Å². The number of nitrogens with zero attached hydrogens (tertiary/aromatic N) is 3. The third-order valence-corrected chi connectivity index (χ3v) is 3.75. The lowest BCUT2D eigenvalue weighted by atomic mass is 10.1. The van der Waals surface area contributed by atoms with E-state index in [2.05, 4.69) is 14.9 Å². The van der Waals surface area contributed by atoms with E-state index in [1.165, 1.54) is 6.07 Å². The number of hydrogen-bond acceptors (Lipinski definition) is 4. The van der Waals surface area contributed by atoms with Crippen molar-refractivity contribution >= 4 is 11.0 Å². The van der Waals surface area contributed by atoms with Crippen molar-refractivity contribution in [3.63, 3.8) is 0 Å². The second-order valence-corrected chi connectivity index (χ2v) is 5.48. The van der Waals surface area contributed by atoms with Crippen molar-refractivity contribution in [2.24, 2.45) is 0 Å². The van der Waals surface area contributed by atoms with Crippen LogP contribution in [-0.4, -0.2) is 41.1 Å². The minimum atomic E-state index is -4.59. The number of aromatic nitrogens is 2. The van der Waals surface area contributed by atoms with Crippen LogP contribution in [0.25, 0.3) is 11.0 Å². The Morgan fingerprint density at radius 1 is 1.09 bits per heavy atom. The molecule has 2 aromatic rings. The molecule has 1 aliphatic rings. The third kappa shape index (κ3) is 3.14. The molecule has 1 fully saturated rings. The van der Waals surface area contributed by atoms with Crippen molar-refractivity contribution in [1.29, 1.82) is 0 Å². The molecule has 118 valence electrons. The van der Waals surface area contributed by atoms with Crippen LogP contribution in [0.2, 0.25) is 0 Å². The van der Waals surface area contributed by atoms with Gasteiger partial charge >= 0.3 is 6.18 Å². The molecule has 0 amide bonds. The molecule has 0 spiro atoms. The van der Waals surface area contributed by atoms with Crippen molar-refractivity contribution in [2.45, 2.75) is 25.1 Å². The Balaban J connectivity index is 1.95. The van der Waals surface area contributed by atoms with E-state index in [4.69, 9.17) is 4.74 Å². The lowest BCUT2D eigenvalue weighted by Crippen LogP contribution is -2.36. The maximum absolute atomic E-state index is 13.2. The SMILES string of the molecule is CN1CCC(Oc2nc3ccccc3nc2C(F)(F)F)CC1. The first kappa shape index (κ1) is 15.0. The number of fused-ring (bicyclic) bond motifs is 1. The maximum atomic E-state index is 13.2. The van der Waals surface area contributed by atoms with E-state index >= 15 is 0 Å². The van der Waals surface area contributed by atoms with E-state index in [1.807, 2.05) is 7.05 Å². The van der Waals surface area contributed by atoms with Gasteiger partial charge < -0.3 is 9.64 Å². The number of likely N-dealkylation sites (tertiary alicyclic amines) is 1. The van der Waals surface area contributed by atoms with E-state index in [1.54, 1.807) is 18.2 Å². The van der Waals surface area contributed by atoms with Gasteiger partial charge in [-0.2, -0.15) is 13.2 Å². The summed E-state index contributed by atoms with van der Waals surface area (Å²) in [6.07, 6.45) is -3.48. The van der Waals surface area contributed by atoms with Crippen LogP contribution < -0.4 is 4.74 Å². The number of benzene rings is 1. The summed E-state index contributed by atoms with van der Waals surface area (Å²) in [5.41, 5.74) is -0.436. The normalized spacial score (nSPS) is 17.8. The molecule has 0 bridgehead atoms. The fourth-order valence-corrected chi connectivity index (χ4v) is 2.51. The van der Waals surface area contributed by atoms with Gasteiger partial charge in [-0.25, -0.2) is 9.97 Å². The fraction of sp³-hybridized carbons (Fsp3) is 0.467. The van der Waals surface area contributed by atoms with Crippen LogP contribution in [0.3, 0.4) is 0 Å². The first-order valence-corrected chi connectivity index (χ1v) is 7.12. The highest BCUT2D eigenvalue weighted by Crippen LogP contribution is 2.35. The number of piperidine rings is 1. The van der Waals surface area contributed by atoms with Crippen LogP contribution in [-0.2, 0) is 6.18 Å². The van der Waals surface area contributed by atoms with Gasteiger partial charge in [-0.05, 0) is 32.0 Å². The standard InChI is InChI=1S/C15H16F3N3O/c1-21-8-6-10(7-9-21)22-14-13(15(16,17)18)19-11-4-2-3-5-12(11)20-14/h2-5,10H,6-9H2,1H3. The molecule has 0 atom stereocenters. The van der Waals surface area contributed by atoms with Crippen LogP contribution in [0.5, 0.6) is 5.88 Å². The molecule has 22 heavy (non-hydrogen) atoms. The maximum Gasteiger partial charge on any atom is 0.438 e. The Labute approximate surface area is 125 Å². The first-order chi connectivity index (χ1) is 10.4. The Hall–Kier alpha value is -1.89. The predicted molar refractivity (Wildman–Crippen MR) is 75.7 cm³/mol. The van der Waals surface area contributed by atoms with Crippen molar-refractivity contribution in [1.82, 2.24) is 14.9 Å². The van der Waals surface area contributed by atoms with E-state index < -0.39 is 17.8 Å². The number of hydrogen-bond donors (Lipinski definition) is 0. The largest absolute Gasteiger partial charge is 0.473 e. The summed E-state index contributed by atoms with van der Waals surface area (Å²) >= 11 is 0. The molecular weight excluding hydrogens is 295 g/mol. The number of alkyl halides is 3. The third-order valence-electron chi connectivity index (χ3n) is 3.75. The number of halogens is 3. The molecule has 1 aromatic heterocycles. The molecule has 4 nitrogen and oxygen atoms in total. The van der Waals surface area contributed by atoms with Gasteiger partial charge in [0.1, 0.15) is 6.10 Å². The Morgan fingerprint density at radius 3 is 2.27 bits per heavy atom. The highest BCUT2D eigenvalue weighted by atomic mass is 19.4.